The van der Waals surface area contributed by atoms with Crippen LogP contribution in [0.3, 0.4) is 0 Å². The van der Waals surface area contributed by atoms with Crippen LogP contribution >= 0.6 is 0 Å². The molecule has 4 heteroatoms. The molecule has 2 rings (SSSR count). The van der Waals surface area contributed by atoms with Gasteiger partial charge in [0.1, 0.15) is 5.75 Å². The fourth-order valence-electron chi connectivity index (χ4n) is 2.84. The van der Waals surface area contributed by atoms with E-state index in [0.29, 0.717) is 12.1 Å². The van der Waals surface area contributed by atoms with E-state index in [4.69, 9.17) is 9.47 Å². The third kappa shape index (κ3) is 4.70. The van der Waals surface area contributed by atoms with Gasteiger partial charge in [-0.25, -0.2) is 0 Å². The lowest BCUT2D eigenvalue weighted by Gasteiger charge is -2.35. The fraction of sp³-hybridized carbons (Fsp3) is 0.647. The zero-order valence-corrected chi connectivity index (χ0v) is 13.5. The molecule has 0 amide bonds. The minimum absolute atomic E-state index is 0.334. The van der Waals surface area contributed by atoms with E-state index in [1.165, 1.54) is 5.56 Å². The summed E-state index contributed by atoms with van der Waals surface area (Å²) in [5, 5.41) is 3.59. The van der Waals surface area contributed by atoms with E-state index in [1.807, 2.05) is 6.07 Å². The van der Waals surface area contributed by atoms with Crippen molar-refractivity contribution in [3.8, 4) is 5.75 Å². The molecular formula is C17H28N2O2. The molecule has 0 aliphatic carbocycles. The molecule has 0 aromatic heterocycles. The van der Waals surface area contributed by atoms with E-state index in [-0.39, 0.29) is 0 Å². The Morgan fingerprint density at radius 1 is 1.43 bits per heavy atom. The second kappa shape index (κ2) is 8.37. The summed E-state index contributed by atoms with van der Waals surface area (Å²) in [6, 6.07) is 8.69. The number of morpholine rings is 1. The summed E-state index contributed by atoms with van der Waals surface area (Å²) in [6.07, 6.45) is 1.47. The first-order valence-electron chi connectivity index (χ1n) is 7.98. The molecule has 1 saturated heterocycles. The predicted octanol–water partition coefficient (Wildman–Crippen LogP) is 2.46. The van der Waals surface area contributed by atoms with Crippen molar-refractivity contribution in [2.24, 2.45) is 0 Å². The Labute approximate surface area is 128 Å². The molecule has 1 aromatic carbocycles. The van der Waals surface area contributed by atoms with Gasteiger partial charge in [0.15, 0.2) is 0 Å². The molecule has 1 fully saturated rings. The summed E-state index contributed by atoms with van der Waals surface area (Å²) in [4.78, 5) is 2.50. The van der Waals surface area contributed by atoms with Crippen LogP contribution in [0.15, 0.2) is 24.3 Å². The van der Waals surface area contributed by atoms with Gasteiger partial charge in [-0.1, -0.05) is 26.0 Å². The average Bonchev–Trinajstić information content (AvgIpc) is 2.54. The molecule has 0 spiro atoms. The number of nitrogens with one attached hydrogen (secondary N) is 1. The van der Waals surface area contributed by atoms with Gasteiger partial charge in [0, 0.05) is 25.7 Å². The zero-order valence-electron chi connectivity index (χ0n) is 13.5. The normalized spacial score (nSPS) is 21.2. The number of rotatable bonds is 7. The molecule has 1 aromatic rings. The molecule has 0 bridgehead atoms. The van der Waals surface area contributed by atoms with E-state index in [0.717, 1.165) is 45.0 Å². The van der Waals surface area contributed by atoms with Crippen LogP contribution < -0.4 is 10.1 Å². The lowest BCUT2D eigenvalue weighted by Crippen LogP contribution is -2.45. The molecule has 1 aliphatic rings. The molecule has 1 heterocycles. The Hall–Kier alpha value is -1.10. The number of nitrogens with zero attached hydrogens (tertiary/aromatic N) is 1. The molecule has 2 unspecified atom stereocenters. The second-order valence-electron chi connectivity index (χ2n) is 5.55. The minimum atomic E-state index is 0.334. The fourth-order valence-corrected chi connectivity index (χ4v) is 2.84. The number of likely N-dealkylation sites (N-methyl/N-ethyl adjacent to an activating group) is 1. The van der Waals surface area contributed by atoms with E-state index in [1.54, 1.807) is 7.11 Å². The van der Waals surface area contributed by atoms with Gasteiger partial charge in [0.05, 0.1) is 19.8 Å². The van der Waals surface area contributed by atoms with Gasteiger partial charge in [-0.3, -0.25) is 4.90 Å². The van der Waals surface area contributed by atoms with Crippen LogP contribution in [-0.4, -0.2) is 50.9 Å². The summed E-state index contributed by atoms with van der Waals surface area (Å²) in [5.41, 5.74) is 1.29. The van der Waals surface area contributed by atoms with E-state index < -0.39 is 0 Å². The van der Waals surface area contributed by atoms with E-state index >= 15 is 0 Å². The topological polar surface area (TPSA) is 33.7 Å². The van der Waals surface area contributed by atoms with Crippen molar-refractivity contribution >= 4 is 0 Å². The maximum absolute atomic E-state index is 5.76. The molecule has 4 nitrogen and oxygen atoms in total. The summed E-state index contributed by atoms with van der Waals surface area (Å²) >= 11 is 0. The Kier molecular flexibility index (Phi) is 6.49. The largest absolute Gasteiger partial charge is 0.497 e. The van der Waals surface area contributed by atoms with Gasteiger partial charge >= 0.3 is 0 Å². The maximum atomic E-state index is 5.76. The first-order chi connectivity index (χ1) is 10.3. The average molecular weight is 292 g/mol. The number of hydrogen-bond acceptors (Lipinski definition) is 4. The highest BCUT2D eigenvalue weighted by molar-refractivity contribution is 5.30. The third-order valence-corrected chi connectivity index (χ3v) is 4.07. The van der Waals surface area contributed by atoms with Gasteiger partial charge in [0.2, 0.25) is 0 Å². The monoisotopic (exact) mass is 292 g/mol. The Balaban J connectivity index is 2.04. The molecule has 1 N–H and O–H groups in total. The van der Waals surface area contributed by atoms with Crippen molar-refractivity contribution in [3.05, 3.63) is 29.8 Å². The molecule has 0 radical (unpaired) electrons. The zero-order chi connectivity index (χ0) is 15.1. The van der Waals surface area contributed by atoms with Crippen LogP contribution in [0.2, 0.25) is 0 Å². The van der Waals surface area contributed by atoms with Crippen molar-refractivity contribution in [3.63, 3.8) is 0 Å². The summed E-state index contributed by atoms with van der Waals surface area (Å²) in [5.74, 6) is 0.920. The van der Waals surface area contributed by atoms with Crippen LogP contribution in [0.1, 0.15) is 31.9 Å². The summed E-state index contributed by atoms with van der Waals surface area (Å²) in [6.45, 7) is 9.21. The predicted molar refractivity (Wildman–Crippen MR) is 85.9 cm³/mol. The minimum Gasteiger partial charge on any atom is -0.497 e. The number of benzene rings is 1. The lowest BCUT2D eigenvalue weighted by atomic mass is 10.0. The smallest absolute Gasteiger partial charge is 0.119 e. The van der Waals surface area contributed by atoms with Crippen molar-refractivity contribution in [2.75, 3.05) is 39.9 Å². The van der Waals surface area contributed by atoms with Crippen molar-refractivity contribution in [1.29, 1.82) is 0 Å². The van der Waals surface area contributed by atoms with E-state index in [2.05, 4.69) is 42.3 Å². The second-order valence-corrected chi connectivity index (χ2v) is 5.55. The summed E-state index contributed by atoms with van der Waals surface area (Å²) in [7, 11) is 1.72. The number of ether oxygens (including phenoxy) is 2. The van der Waals surface area contributed by atoms with Gasteiger partial charge in [-0.2, -0.15) is 0 Å². The lowest BCUT2D eigenvalue weighted by molar-refractivity contribution is -0.0322. The maximum Gasteiger partial charge on any atom is 0.119 e. The molecule has 2 atom stereocenters. The van der Waals surface area contributed by atoms with Crippen LogP contribution in [0.5, 0.6) is 5.75 Å². The van der Waals surface area contributed by atoms with Crippen LogP contribution in [-0.2, 0) is 4.74 Å². The molecule has 0 saturated carbocycles. The Morgan fingerprint density at radius 2 is 2.29 bits per heavy atom. The van der Waals surface area contributed by atoms with Gasteiger partial charge < -0.3 is 14.8 Å². The number of methoxy groups -OCH3 is 1. The Bertz CT molecular complexity index is 425. The van der Waals surface area contributed by atoms with Crippen molar-refractivity contribution in [2.45, 2.75) is 32.4 Å². The third-order valence-electron chi connectivity index (χ3n) is 4.07. The highest BCUT2D eigenvalue weighted by Gasteiger charge is 2.22. The van der Waals surface area contributed by atoms with Gasteiger partial charge in [-0.15, -0.1) is 0 Å². The van der Waals surface area contributed by atoms with E-state index in [9.17, 15) is 0 Å². The van der Waals surface area contributed by atoms with Crippen LogP contribution in [0.25, 0.3) is 0 Å². The summed E-state index contributed by atoms with van der Waals surface area (Å²) < 4.78 is 11.1. The Morgan fingerprint density at radius 3 is 3.00 bits per heavy atom. The van der Waals surface area contributed by atoms with Crippen LogP contribution in [0, 0.1) is 0 Å². The first-order valence-corrected chi connectivity index (χ1v) is 7.98. The molecule has 1 aliphatic heterocycles. The highest BCUT2D eigenvalue weighted by Crippen LogP contribution is 2.21. The molecule has 21 heavy (non-hydrogen) atoms. The molecular weight excluding hydrogens is 264 g/mol. The SMILES string of the molecule is CCNC(CN1CCOC(CC)C1)c1cccc(OC)c1. The first kappa shape index (κ1) is 16.3. The van der Waals surface area contributed by atoms with Crippen molar-refractivity contribution in [1.82, 2.24) is 10.2 Å². The standard InChI is InChI=1S/C17H28N2O2/c1-4-15-12-19(9-10-21-15)13-17(18-5-2)14-7-6-8-16(11-14)20-3/h6-8,11,15,17-18H,4-5,9-10,12-13H2,1-3H3. The quantitative estimate of drug-likeness (QED) is 0.837. The van der Waals surface area contributed by atoms with Crippen LogP contribution in [0.4, 0.5) is 0 Å². The molecule has 118 valence electrons. The highest BCUT2D eigenvalue weighted by atomic mass is 16.5. The van der Waals surface area contributed by atoms with Gasteiger partial charge in [0.25, 0.3) is 0 Å². The number of hydrogen-bond donors (Lipinski definition) is 1. The van der Waals surface area contributed by atoms with Gasteiger partial charge in [-0.05, 0) is 30.7 Å². The van der Waals surface area contributed by atoms with Crippen molar-refractivity contribution < 1.29 is 9.47 Å².